The van der Waals surface area contributed by atoms with E-state index in [1.54, 1.807) is 0 Å². The monoisotopic (exact) mass is 349 g/mol. The fourth-order valence-electron chi connectivity index (χ4n) is 4.01. The zero-order chi connectivity index (χ0) is 18.1. The Labute approximate surface area is 153 Å². The molecule has 2 fully saturated rings. The van der Waals surface area contributed by atoms with Crippen LogP contribution in [-0.2, 0) is 5.41 Å². The van der Waals surface area contributed by atoms with Gasteiger partial charge in [-0.3, -0.25) is 0 Å². The maximum atomic E-state index is 9.84. The van der Waals surface area contributed by atoms with Crippen molar-refractivity contribution in [3.8, 4) is 6.07 Å². The molecule has 26 heavy (non-hydrogen) atoms. The molecule has 1 aromatic carbocycles. The minimum absolute atomic E-state index is 0.225. The Morgan fingerprint density at radius 2 is 1.85 bits per heavy atom. The quantitative estimate of drug-likeness (QED) is 0.882. The van der Waals surface area contributed by atoms with Crippen LogP contribution < -0.4 is 10.6 Å². The van der Waals surface area contributed by atoms with E-state index < -0.39 is 5.41 Å². The summed E-state index contributed by atoms with van der Waals surface area (Å²) in [5.41, 5.74) is 7.50. The highest BCUT2D eigenvalue weighted by Crippen LogP contribution is 2.39. The molecule has 0 bridgehead atoms. The standard InChI is InChI=1S/C20H23N5O/c21-13-20(15-4-2-1-3-5-15)6-8-25(9-7-20)18-12-17(23-19(22)24-18)14-10-16(26)11-14/h1-5,12,14,16,26H,6-11H2,(H2,22,23,24). The average Bonchev–Trinajstić information content (AvgIpc) is 2.66. The third kappa shape index (κ3) is 2.99. The summed E-state index contributed by atoms with van der Waals surface area (Å²) in [5.74, 6) is 1.37. The van der Waals surface area contributed by atoms with Gasteiger partial charge < -0.3 is 15.7 Å². The van der Waals surface area contributed by atoms with E-state index in [9.17, 15) is 10.4 Å². The Hall–Kier alpha value is -2.65. The number of nitriles is 1. The highest BCUT2D eigenvalue weighted by atomic mass is 16.3. The number of nitrogens with two attached hydrogens (primary N) is 1. The highest BCUT2D eigenvalue weighted by Gasteiger charge is 2.37. The van der Waals surface area contributed by atoms with Gasteiger partial charge in [-0.15, -0.1) is 0 Å². The fourth-order valence-corrected chi connectivity index (χ4v) is 4.01. The Morgan fingerprint density at radius 3 is 2.46 bits per heavy atom. The third-order valence-electron chi connectivity index (χ3n) is 5.76. The molecule has 1 aliphatic heterocycles. The van der Waals surface area contributed by atoms with Crippen molar-refractivity contribution in [3.05, 3.63) is 47.7 Å². The first-order valence-corrected chi connectivity index (χ1v) is 9.14. The lowest BCUT2D eigenvalue weighted by atomic mass is 9.74. The summed E-state index contributed by atoms with van der Waals surface area (Å²) in [7, 11) is 0. The van der Waals surface area contributed by atoms with Crippen molar-refractivity contribution in [3.63, 3.8) is 0 Å². The highest BCUT2D eigenvalue weighted by molar-refractivity contribution is 5.47. The van der Waals surface area contributed by atoms with Gasteiger partial charge >= 0.3 is 0 Å². The molecule has 2 aromatic rings. The molecule has 4 rings (SSSR count). The predicted octanol–water partition coefficient (Wildman–Crippen LogP) is 2.36. The molecule has 0 spiro atoms. The van der Waals surface area contributed by atoms with Gasteiger partial charge in [-0.05, 0) is 31.2 Å². The van der Waals surface area contributed by atoms with E-state index in [2.05, 4.69) is 20.9 Å². The first-order chi connectivity index (χ1) is 12.6. The molecule has 1 aliphatic carbocycles. The number of nitrogens with zero attached hydrogens (tertiary/aromatic N) is 4. The van der Waals surface area contributed by atoms with Crippen molar-refractivity contribution >= 4 is 11.8 Å². The van der Waals surface area contributed by atoms with Crippen molar-refractivity contribution in [1.82, 2.24) is 9.97 Å². The molecule has 2 heterocycles. The maximum Gasteiger partial charge on any atom is 0.222 e. The zero-order valence-electron chi connectivity index (χ0n) is 14.7. The number of hydrogen-bond acceptors (Lipinski definition) is 6. The van der Waals surface area contributed by atoms with E-state index in [0.717, 1.165) is 55.8 Å². The number of hydrogen-bond donors (Lipinski definition) is 2. The number of nitrogen functional groups attached to an aromatic ring is 1. The summed E-state index contributed by atoms with van der Waals surface area (Å²) in [5, 5.41) is 19.4. The van der Waals surface area contributed by atoms with E-state index >= 15 is 0 Å². The molecule has 3 N–H and O–H groups in total. The Balaban J connectivity index is 1.52. The maximum absolute atomic E-state index is 9.84. The number of aliphatic hydroxyl groups is 1. The lowest BCUT2D eigenvalue weighted by Gasteiger charge is -2.38. The molecule has 0 radical (unpaired) electrons. The molecule has 2 aliphatic rings. The minimum atomic E-state index is -0.433. The topological polar surface area (TPSA) is 99.1 Å². The van der Waals surface area contributed by atoms with E-state index in [0.29, 0.717) is 0 Å². The first kappa shape index (κ1) is 16.8. The SMILES string of the molecule is N#CC1(c2ccccc2)CCN(c2cc(C3CC(O)C3)nc(N)n2)CC1. The van der Waals surface area contributed by atoms with Gasteiger partial charge in [0.1, 0.15) is 5.82 Å². The van der Waals surface area contributed by atoms with Gasteiger partial charge in [-0.1, -0.05) is 30.3 Å². The Kier molecular flexibility index (Phi) is 4.25. The van der Waals surface area contributed by atoms with Gasteiger partial charge in [0.25, 0.3) is 0 Å². The predicted molar refractivity (Wildman–Crippen MR) is 99.6 cm³/mol. The van der Waals surface area contributed by atoms with Crippen LogP contribution in [0.2, 0.25) is 0 Å². The van der Waals surface area contributed by atoms with Crippen LogP contribution in [0.1, 0.15) is 42.9 Å². The number of piperidine rings is 1. The smallest absolute Gasteiger partial charge is 0.222 e. The van der Waals surface area contributed by atoms with Crippen LogP contribution >= 0.6 is 0 Å². The van der Waals surface area contributed by atoms with E-state index in [-0.39, 0.29) is 18.0 Å². The normalized spacial score (nSPS) is 24.5. The van der Waals surface area contributed by atoms with Gasteiger partial charge in [0.2, 0.25) is 5.95 Å². The zero-order valence-corrected chi connectivity index (χ0v) is 14.7. The molecule has 1 saturated heterocycles. The van der Waals surface area contributed by atoms with Crippen molar-refractivity contribution < 1.29 is 5.11 Å². The van der Waals surface area contributed by atoms with E-state index in [4.69, 9.17) is 5.73 Å². The summed E-state index contributed by atoms with van der Waals surface area (Å²) in [6.07, 6.45) is 2.77. The van der Waals surface area contributed by atoms with Crippen LogP contribution in [0.4, 0.5) is 11.8 Å². The second-order valence-corrected chi connectivity index (χ2v) is 7.38. The molecule has 1 aromatic heterocycles. The van der Waals surface area contributed by atoms with Crippen LogP contribution in [0.3, 0.4) is 0 Å². The summed E-state index contributed by atoms with van der Waals surface area (Å²) < 4.78 is 0. The molecule has 0 unspecified atom stereocenters. The minimum Gasteiger partial charge on any atom is -0.393 e. The second kappa shape index (κ2) is 6.58. The van der Waals surface area contributed by atoms with Crippen LogP contribution in [0.15, 0.2) is 36.4 Å². The van der Waals surface area contributed by atoms with Gasteiger partial charge in [-0.25, -0.2) is 4.98 Å². The Bertz CT molecular complexity index is 818. The fraction of sp³-hybridized carbons (Fsp3) is 0.450. The van der Waals surface area contributed by atoms with E-state index in [1.165, 1.54) is 0 Å². The number of anilines is 2. The van der Waals surface area contributed by atoms with Crippen molar-refractivity contribution in [2.24, 2.45) is 0 Å². The van der Waals surface area contributed by atoms with Crippen molar-refractivity contribution in [1.29, 1.82) is 5.26 Å². The van der Waals surface area contributed by atoms with Gasteiger partial charge in [0.05, 0.1) is 23.3 Å². The summed E-state index contributed by atoms with van der Waals surface area (Å²) >= 11 is 0. The van der Waals surface area contributed by atoms with Gasteiger partial charge in [0.15, 0.2) is 0 Å². The lowest BCUT2D eigenvalue weighted by Crippen LogP contribution is -2.42. The van der Waals surface area contributed by atoms with E-state index in [1.807, 2.05) is 36.4 Å². The van der Waals surface area contributed by atoms with Crippen LogP contribution in [0.5, 0.6) is 0 Å². The molecule has 6 heteroatoms. The number of benzene rings is 1. The largest absolute Gasteiger partial charge is 0.393 e. The number of aromatic nitrogens is 2. The van der Waals surface area contributed by atoms with Crippen LogP contribution in [0.25, 0.3) is 0 Å². The second-order valence-electron chi connectivity index (χ2n) is 7.38. The average molecular weight is 349 g/mol. The molecular weight excluding hydrogens is 326 g/mol. The van der Waals surface area contributed by atoms with Gasteiger partial charge in [-0.2, -0.15) is 10.2 Å². The molecule has 0 atom stereocenters. The van der Waals surface area contributed by atoms with Crippen molar-refractivity contribution in [2.45, 2.75) is 43.1 Å². The van der Waals surface area contributed by atoms with Crippen LogP contribution in [-0.4, -0.2) is 34.3 Å². The third-order valence-corrected chi connectivity index (χ3v) is 5.76. The van der Waals surface area contributed by atoms with Crippen LogP contribution in [0, 0.1) is 11.3 Å². The lowest BCUT2D eigenvalue weighted by molar-refractivity contribution is 0.0732. The van der Waals surface area contributed by atoms with Crippen molar-refractivity contribution in [2.75, 3.05) is 23.7 Å². The molecule has 1 saturated carbocycles. The number of aliphatic hydroxyl groups excluding tert-OH is 1. The Morgan fingerprint density at radius 1 is 1.15 bits per heavy atom. The molecule has 0 amide bonds. The number of rotatable bonds is 3. The molecule has 134 valence electrons. The molecule has 6 nitrogen and oxygen atoms in total. The summed E-state index contributed by atoms with van der Waals surface area (Å²) in [6.45, 7) is 1.51. The molecular formula is C20H23N5O. The summed E-state index contributed by atoms with van der Waals surface area (Å²) in [6, 6.07) is 14.6. The summed E-state index contributed by atoms with van der Waals surface area (Å²) in [4.78, 5) is 11.0. The van der Waals surface area contributed by atoms with Gasteiger partial charge in [0, 0.05) is 25.1 Å². The first-order valence-electron chi connectivity index (χ1n) is 9.14.